The molecule has 2 nitrogen and oxygen atoms in total. The molecule has 56 heavy (non-hydrogen) atoms. The van der Waals surface area contributed by atoms with Crippen LogP contribution in [0.4, 0.5) is 34.1 Å². The standard InChI is InChI=1S/C54H56N2/c1-5-7-8-42-15-25-49(26-16-42)56(52-31-29-51(30-32-52)55(47-21-9-39(3)10-22-47)48-23-11-40(4)12-24-48)50-27-19-46(20-28-50)54-36-43-33-44(37-54)35-53(34-43,38-54)45-17-13-41(6-2)14-18-45/h6,9-32,43-44H,2,5,7-8,33-38H2,1,3-4H3. The Morgan fingerprint density at radius 2 is 0.875 bits per heavy atom. The van der Waals surface area contributed by atoms with Crippen molar-refractivity contribution in [2.45, 2.75) is 89.4 Å². The lowest BCUT2D eigenvalue weighted by molar-refractivity contribution is -0.0281. The molecule has 0 aliphatic heterocycles. The number of aryl methyl sites for hydroxylation is 3. The van der Waals surface area contributed by atoms with Gasteiger partial charge in [-0.3, -0.25) is 0 Å². The normalized spacial score (nSPS) is 22.2. The molecule has 0 N–H and O–H groups in total. The van der Waals surface area contributed by atoms with Crippen LogP contribution in [0.1, 0.15) is 91.7 Å². The number of anilines is 6. The Bertz CT molecular complexity index is 2200. The molecule has 0 radical (unpaired) electrons. The van der Waals surface area contributed by atoms with Gasteiger partial charge in [0.25, 0.3) is 0 Å². The molecule has 0 saturated heterocycles. The molecule has 0 aromatic heterocycles. The molecule has 10 rings (SSSR count). The van der Waals surface area contributed by atoms with Crippen LogP contribution in [-0.2, 0) is 17.3 Å². The van der Waals surface area contributed by atoms with E-state index in [9.17, 15) is 0 Å². The van der Waals surface area contributed by atoms with Crippen molar-refractivity contribution in [1.29, 1.82) is 0 Å². The molecule has 0 heterocycles. The van der Waals surface area contributed by atoms with Gasteiger partial charge in [-0.1, -0.05) is 110 Å². The lowest BCUT2D eigenvalue weighted by Crippen LogP contribution is -2.55. The highest BCUT2D eigenvalue weighted by molar-refractivity contribution is 5.81. The van der Waals surface area contributed by atoms with Crippen LogP contribution in [0.25, 0.3) is 6.08 Å². The van der Waals surface area contributed by atoms with Gasteiger partial charge in [0.1, 0.15) is 0 Å². The summed E-state index contributed by atoms with van der Waals surface area (Å²) in [7, 11) is 0. The second-order valence-electron chi connectivity index (χ2n) is 17.5. The van der Waals surface area contributed by atoms with E-state index >= 15 is 0 Å². The van der Waals surface area contributed by atoms with Crippen molar-refractivity contribution in [1.82, 2.24) is 0 Å². The van der Waals surface area contributed by atoms with Gasteiger partial charge in [0.15, 0.2) is 0 Å². The Labute approximate surface area is 335 Å². The summed E-state index contributed by atoms with van der Waals surface area (Å²) in [6.07, 6.45) is 13.6. The van der Waals surface area contributed by atoms with Crippen LogP contribution in [0.5, 0.6) is 0 Å². The van der Waals surface area contributed by atoms with Gasteiger partial charge in [-0.05, 0) is 183 Å². The molecule has 6 aromatic carbocycles. The van der Waals surface area contributed by atoms with Crippen molar-refractivity contribution >= 4 is 40.2 Å². The van der Waals surface area contributed by atoms with Gasteiger partial charge in [0.05, 0.1) is 0 Å². The topological polar surface area (TPSA) is 6.48 Å². The Morgan fingerprint density at radius 1 is 0.518 bits per heavy atom. The maximum absolute atomic E-state index is 4.01. The first kappa shape index (κ1) is 36.3. The van der Waals surface area contributed by atoms with Crippen molar-refractivity contribution in [3.8, 4) is 0 Å². The zero-order chi connectivity index (χ0) is 38.3. The molecule has 4 aliphatic carbocycles. The summed E-state index contributed by atoms with van der Waals surface area (Å²) in [4.78, 5) is 4.80. The first-order valence-corrected chi connectivity index (χ1v) is 21.1. The Hall–Kier alpha value is -5.34. The number of nitrogens with zero attached hydrogens (tertiary/aromatic N) is 2. The number of hydrogen-bond acceptors (Lipinski definition) is 2. The van der Waals surface area contributed by atoms with Crippen molar-refractivity contribution in [3.63, 3.8) is 0 Å². The minimum Gasteiger partial charge on any atom is -0.311 e. The molecular formula is C54H56N2. The molecule has 4 fully saturated rings. The van der Waals surface area contributed by atoms with Crippen LogP contribution in [0, 0.1) is 25.7 Å². The van der Waals surface area contributed by atoms with E-state index in [0.29, 0.717) is 5.41 Å². The second-order valence-corrected chi connectivity index (χ2v) is 17.5. The zero-order valence-corrected chi connectivity index (χ0v) is 33.6. The van der Waals surface area contributed by atoms with E-state index < -0.39 is 0 Å². The maximum atomic E-state index is 4.01. The van der Waals surface area contributed by atoms with Crippen molar-refractivity contribution < 1.29 is 0 Å². The zero-order valence-electron chi connectivity index (χ0n) is 33.6. The van der Waals surface area contributed by atoms with E-state index in [2.05, 4.69) is 183 Å². The number of hydrogen-bond donors (Lipinski definition) is 0. The van der Waals surface area contributed by atoms with Crippen LogP contribution in [0.3, 0.4) is 0 Å². The highest BCUT2D eigenvalue weighted by Crippen LogP contribution is 2.66. The summed E-state index contributed by atoms with van der Waals surface area (Å²) < 4.78 is 0. The van der Waals surface area contributed by atoms with Gasteiger partial charge >= 0.3 is 0 Å². The van der Waals surface area contributed by atoms with Crippen LogP contribution >= 0.6 is 0 Å². The van der Waals surface area contributed by atoms with Crippen LogP contribution in [-0.4, -0.2) is 0 Å². The molecule has 0 amide bonds. The summed E-state index contributed by atoms with van der Waals surface area (Å²) in [5.41, 5.74) is 15.8. The van der Waals surface area contributed by atoms with Gasteiger partial charge < -0.3 is 9.80 Å². The van der Waals surface area contributed by atoms with E-state index in [4.69, 9.17) is 0 Å². The van der Waals surface area contributed by atoms with Crippen molar-refractivity contribution in [2.75, 3.05) is 9.80 Å². The van der Waals surface area contributed by atoms with Gasteiger partial charge in [0, 0.05) is 34.1 Å². The fourth-order valence-corrected chi connectivity index (χ4v) is 11.1. The molecule has 4 aliphatic rings. The Kier molecular flexibility index (Phi) is 9.70. The number of rotatable bonds is 12. The SMILES string of the molecule is C=Cc1ccc(C23CC4CC(C2)CC(c2ccc(N(c5ccc(CCCC)cc5)c5ccc(N(c6ccc(C)cc6)c6ccc(C)cc6)cc5)cc2)(C4)C3)cc1. The quantitative estimate of drug-likeness (QED) is 0.124. The van der Waals surface area contributed by atoms with Crippen molar-refractivity contribution in [2.24, 2.45) is 11.8 Å². The monoisotopic (exact) mass is 732 g/mol. The molecule has 2 heteroatoms. The first-order chi connectivity index (χ1) is 27.3. The van der Waals surface area contributed by atoms with Gasteiger partial charge in [-0.2, -0.15) is 0 Å². The Morgan fingerprint density at radius 3 is 1.27 bits per heavy atom. The molecule has 4 saturated carbocycles. The number of unbranched alkanes of at least 4 members (excludes halogenated alkanes) is 1. The summed E-state index contributed by atoms with van der Waals surface area (Å²) in [5.74, 6) is 1.63. The predicted molar refractivity (Wildman–Crippen MR) is 238 cm³/mol. The van der Waals surface area contributed by atoms with E-state index in [1.165, 1.54) is 85.0 Å². The summed E-state index contributed by atoms with van der Waals surface area (Å²) in [6.45, 7) is 10.6. The smallest absolute Gasteiger partial charge is 0.0463 e. The third-order valence-electron chi connectivity index (χ3n) is 13.5. The first-order valence-electron chi connectivity index (χ1n) is 21.1. The van der Waals surface area contributed by atoms with Crippen LogP contribution in [0.15, 0.2) is 152 Å². The second kappa shape index (κ2) is 15.0. The van der Waals surface area contributed by atoms with E-state index in [0.717, 1.165) is 41.0 Å². The summed E-state index contributed by atoms with van der Waals surface area (Å²) in [6, 6.07) is 55.3. The maximum Gasteiger partial charge on any atom is 0.0463 e. The van der Waals surface area contributed by atoms with Gasteiger partial charge in [0.2, 0.25) is 0 Å². The highest BCUT2D eigenvalue weighted by Gasteiger charge is 2.58. The molecule has 4 bridgehead atoms. The van der Waals surface area contributed by atoms with Gasteiger partial charge in [-0.25, -0.2) is 0 Å². The summed E-state index contributed by atoms with van der Waals surface area (Å²) >= 11 is 0. The minimum absolute atomic E-state index is 0.253. The average molecular weight is 733 g/mol. The van der Waals surface area contributed by atoms with E-state index in [-0.39, 0.29) is 5.41 Å². The molecule has 0 spiro atoms. The molecule has 2 atom stereocenters. The van der Waals surface area contributed by atoms with E-state index in [1.54, 1.807) is 11.1 Å². The average Bonchev–Trinajstić information content (AvgIpc) is 3.22. The minimum atomic E-state index is 0.253. The lowest BCUT2D eigenvalue weighted by atomic mass is 9.42. The molecular weight excluding hydrogens is 677 g/mol. The molecule has 282 valence electrons. The molecule has 6 aromatic rings. The van der Waals surface area contributed by atoms with Crippen molar-refractivity contribution in [3.05, 3.63) is 186 Å². The van der Waals surface area contributed by atoms with Crippen LogP contribution < -0.4 is 9.80 Å². The highest BCUT2D eigenvalue weighted by atomic mass is 15.2. The fraction of sp³-hybridized carbons (Fsp3) is 0.296. The molecule has 2 unspecified atom stereocenters. The predicted octanol–water partition coefficient (Wildman–Crippen LogP) is 15.0. The lowest BCUT2D eigenvalue weighted by Gasteiger charge is -2.63. The van der Waals surface area contributed by atoms with Gasteiger partial charge in [-0.15, -0.1) is 0 Å². The number of benzene rings is 6. The summed E-state index contributed by atoms with van der Waals surface area (Å²) in [5, 5.41) is 0. The van der Waals surface area contributed by atoms with Crippen LogP contribution in [0.2, 0.25) is 0 Å². The Balaban J connectivity index is 1.06. The third kappa shape index (κ3) is 6.89. The third-order valence-corrected chi connectivity index (χ3v) is 13.5. The largest absolute Gasteiger partial charge is 0.311 e. The fourth-order valence-electron chi connectivity index (χ4n) is 11.1. The van der Waals surface area contributed by atoms with E-state index in [1.807, 2.05) is 6.08 Å².